The molecule has 2 N–H and O–H groups in total. The lowest BCUT2D eigenvalue weighted by Crippen LogP contribution is -2.49. The third-order valence-corrected chi connectivity index (χ3v) is 3.71. The van der Waals surface area contributed by atoms with Crippen LogP contribution in [0.1, 0.15) is 24.7 Å². The van der Waals surface area contributed by atoms with E-state index in [1.807, 2.05) is 24.8 Å². The topological polar surface area (TPSA) is 64.2 Å². The zero-order valence-corrected chi connectivity index (χ0v) is 11.4. The van der Waals surface area contributed by atoms with Crippen LogP contribution in [-0.2, 0) is 11.3 Å². The second-order valence-electron chi connectivity index (χ2n) is 5.35. The minimum atomic E-state index is 0.139. The van der Waals surface area contributed by atoms with Gasteiger partial charge in [-0.2, -0.15) is 5.10 Å². The van der Waals surface area contributed by atoms with Gasteiger partial charge in [-0.25, -0.2) is 0 Å². The lowest BCUT2D eigenvalue weighted by atomic mass is 9.95. The van der Waals surface area contributed by atoms with Gasteiger partial charge in [-0.15, -0.1) is 0 Å². The van der Waals surface area contributed by atoms with E-state index < -0.39 is 0 Å². The number of carbonyl (C=O) groups is 1. The molecule has 1 aromatic heterocycles. The normalized spacial score (nSPS) is 24.3. The number of nitrogens with two attached hydrogens (primary N) is 1. The number of rotatable bonds is 2. The predicted molar refractivity (Wildman–Crippen MR) is 70.0 cm³/mol. The summed E-state index contributed by atoms with van der Waals surface area (Å²) in [6.07, 6.45) is 0.893. The molecule has 2 rings (SSSR count). The maximum atomic E-state index is 12.2. The molecule has 2 atom stereocenters. The highest BCUT2D eigenvalue weighted by Crippen LogP contribution is 2.15. The van der Waals surface area contributed by atoms with Crippen molar-refractivity contribution in [2.45, 2.75) is 39.8 Å². The first-order valence-electron chi connectivity index (χ1n) is 6.52. The van der Waals surface area contributed by atoms with Crippen molar-refractivity contribution in [2.75, 3.05) is 13.1 Å². The van der Waals surface area contributed by atoms with Crippen LogP contribution >= 0.6 is 0 Å². The summed E-state index contributed by atoms with van der Waals surface area (Å²) < 4.78 is 1.77. The van der Waals surface area contributed by atoms with Gasteiger partial charge in [-0.05, 0) is 32.3 Å². The van der Waals surface area contributed by atoms with E-state index in [0.717, 1.165) is 30.9 Å². The van der Waals surface area contributed by atoms with E-state index in [2.05, 4.69) is 12.0 Å². The van der Waals surface area contributed by atoms with Crippen molar-refractivity contribution in [1.29, 1.82) is 0 Å². The standard InChI is InChI=1S/C13H22N4O/c1-9-7-16(5-4-12(9)14)13(18)8-17-11(3)6-10(2)15-17/h6,9,12H,4-5,7-8,14H2,1-3H3. The fourth-order valence-electron chi connectivity index (χ4n) is 2.45. The van der Waals surface area contributed by atoms with Crippen LogP contribution in [0.5, 0.6) is 0 Å². The molecule has 5 nitrogen and oxygen atoms in total. The van der Waals surface area contributed by atoms with Gasteiger partial charge in [0.2, 0.25) is 5.91 Å². The fraction of sp³-hybridized carbons (Fsp3) is 0.692. The molecule has 0 bridgehead atoms. The maximum Gasteiger partial charge on any atom is 0.244 e. The van der Waals surface area contributed by atoms with Crippen LogP contribution in [-0.4, -0.2) is 39.7 Å². The molecule has 1 fully saturated rings. The van der Waals surface area contributed by atoms with E-state index in [-0.39, 0.29) is 11.9 Å². The number of aromatic nitrogens is 2. The molecule has 1 saturated heterocycles. The Bertz CT molecular complexity index is 440. The SMILES string of the molecule is Cc1cc(C)n(CC(=O)N2CCC(N)C(C)C2)n1. The number of hydrogen-bond acceptors (Lipinski definition) is 3. The van der Waals surface area contributed by atoms with Crippen molar-refractivity contribution < 1.29 is 4.79 Å². The van der Waals surface area contributed by atoms with E-state index >= 15 is 0 Å². The highest BCUT2D eigenvalue weighted by Gasteiger charge is 2.26. The predicted octanol–water partition coefficient (Wildman–Crippen LogP) is 0.696. The van der Waals surface area contributed by atoms with Crippen molar-refractivity contribution in [3.05, 3.63) is 17.5 Å². The molecule has 1 amide bonds. The van der Waals surface area contributed by atoms with Gasteiger partial charge in [0.1, 0.15) is 6.54 Å². The zero-order valence-electron chi connectivity index (χ0n) is 11.4. The van der Waals surface area contributed by atoms with Crippen LogP contribution in [0.2, 0.25) is 0 Å². The summed E-state index contributed by atoms with van der Waals surface area (Å²) in [4.78, 5) is 14.1. The van der Waals surface area contributed by atoms with E-state index in [4.69, 9.17) is 5.73 Å². The van der Waals surface area contributed by atoms with Gasteiger partial charge in [0.15, 0.2) is 0 Å². The first kappa shape index (κ1) is 13.1. The van der Waals surface area contributed by atoms with Crippen LogP contribution < -0.4 is 5.73 Å². The van der Waals surface area contributed by atoms with Gasteiger partial charge in [0, 0.05) is 24.8 Å². The Morgan fingerprint density at radius 2 is 2.28 bits per heavy atom. The van der Waals surface area contributed by atoms with Gasteiger partial charge < -0.3 is 10.6 Å². The Hall–Kier alpha value is -1.36. The van der Waals surface area contributed by atoms with E-state index in [1.54, 1.807) is 4.68 Å². The molecule has 2 unspecified atom stereocenters. The van der Waals surface area contributed by atoms with Gasteiger partial charge in [0.25, 0.3) is 0 Å². The number of aryl methyl sites for hydroxylation is 2. The highest BCUT2D eigenvalue weighted by molar-refractivity contribution is 5.76. The number of amides is 1. The number of piperidine rings is 1. The molecular formula is C13H22N4O. The average molecular weight is 250 g/mol. The van der Waals surface area contributed by atoms with E-state index in [0.29, 0.717) is 12.5 Å². The molecule has 18 heavy (non-hydrogen) atoms. The number of nitrogens with zero attached hydrogens (tertiary/aromatic N) is 3. The summed E-state index contributed by atoms with van der Waals surface area (Å²) in [5.74, 6) is 0.517. The maximum absolute atomic E-state index is 12.2. The summed E-state index contributed by atoms with van der Waals surface area (Å²) in [5, 5.41) is 4.32. The van der Waals surface area contributed by atoms with Gasteiger partial charge >= 0.3 is 0 Å². The summed E-state index contributed by atoms with van der Waals surface area (Å²) in [7, 11) is 0. The average Bonchev–Trinajstić information content (AvgIpc) is 2.61. The molecule has 0 radical (unpaired) electrons. The minimum Gasteiger partial charge on any atom is -0.341 e. The van der Waals surface area contributed by atoms with Crippen molar-refractivity contribution >= 4 is 5.91 Å². The second-order valence-corrected chi connectivity index (χ2v) is 5.35. The zero-order chi connectivity index (χ0) is 13.3. The second kappa shape index (κ2) is 5.10. The smallest absolute Gasteiger partial charge is 0.244 e. The molecular weight excluding hydrogens is 228 g/mol. The lowest BCUT2D eigenvalue weighted by molar-refractivity contribution is -0.134. The van der Waals surface area contributed by atoms with Crippen LogP contribution in [0, 0.1) is 19.8 Å². The molecule has 1 aliphatic heterocycles. The van der Waals surface area contributed by atoms with Crippen molar-refractivity contribution in [2.24, 2.45) is 11.7 Å². The minimum absolute atomic E-state index is 0.139. The molecule has 0 aromatic carbocycles. The number of carbonyl (C=O) groups excluding carboxylic acids is 1. The Kier molecular flexibility index (Phi) is 3.71. The van der Waals surface area contributed by atoms with Gasteiger partial charge in [0.05, 0.1) is 5.69 Å². The van der Waals surface area contributed by atoms with Crippen LogP contribution in [0.25, 0.3) is 0 Å². The molecule has 1 aromatic rings. The first-order chi connectivity index (χ1) is 8.47. The quantitative estimate of drug-likeness (QED) is 0.840. The van der Waals surface area contributed by atoms with Crippen molar-refractivity contribution in [1.82, 2.24) is 14.7 Å². The molecule has 5 heteroatoms. The summed E-state index contributed by atoms with van der Waals surface area (Å²) >= 11 is 0. The Labute approximate surface area is 108 Å². The Morgan fingerprint density at radius 1 is 1.56 bits per heavy atom. The molecule has 1 aliphatic rings. The monoisotopic (exact) mass is 250 g/mol. The van der Waals surface area contributed by atoms with Crippen molar-refractivity contribution in [3.63, 3.8) is 0 Å². The lowest BCUT2D eigenvalue weighted by Gasteiger charge is -2.35. The van der Waals surface area contributed by atoms with Gasteiger partial charge in [-0.3, -0.25) is 9.48 Å². The molecule has 2 heterocycles. The summed E-state index contributed by atoms with van der Waals surface area (Å²) in [6.45, 7) is 7.88. The number of hydrogen-bond donors (Lipinski definition) is 1. The summed E-state index contributed by atoms with van der Waals surface area (Å²) in [6, 6.07) is 2.21. The van der Waals surface area contributed by atoms with Crippen LogP contribution in [0.4, 0.5) is 0 Å². The fourth-order valence-corrected chi connectivity index (χ4v) is 2.45. The van der Waals surface area contributed by atoms with E-state index in [9.17, 15) is 4.79 Å². The Balaban J connectivity index is 1.98. The first-order valence-corrected chi connectivity index (χ1v) is 6.52. The van der Waals surface area contributed by atoms with Gasteiger partial charge in [-0.1, -0.05) is 6.92 Å². The van der Waals surface area contributed by atoms with E-state index in [1.165, 1.54) is 0 Å². The van der Waals surface area contributed by atoms with Crippen LogP contribution in [0.15, 0.2) is 6.07 Å². The molecule has 0 spiro atoms. The Morgan fingerprint density at radius 3 is 2.83 bits per heavy atom. The third kappa shape index (κ3) is 2.72. The van der Waals surface area contributed by atoms with Crippen LogP contribution in [0.3, 0.4) is 0 Å². The third-order valence-electron chi connectivity index (χ3n) is 3.71. The highest BCUT2D eigenvalue weighted by atomic mass is 16.2. The molecule has 0 aliphatic carbocycles. The molecule has 100 valence electrons. The van der Waals surface area contributed by atoms with Crippen molar-refractivity contribution in [3.8, 4) is 0 Å². The summed E-state index contributed by atoms with van der Waals surface area (Å²) in [5.41, 5.74) is 7.95. The largest absolute Gasteiger partial charge is 0.341 e. The molecule has 0 saturated carbocycles. The number of likely N-dealkylation sites (tertiary alicyclic amines) is 1.